The molecule has 2 aliphatic heterocycles. The predicted molar refractivity (Wildman–Crippen MR) is 110 cm³/mol. The van der Waals surface area contributed by atoms with Gasteiger partial charge in [-0.3, -0.25) is 0 Å². The van der Waals surface area contributed by atoms with E-state index in [1.165, 1.54) is 5.56 Å². The SMILES string of the molecule is CC1=Nc2c(c(O)cc3ccccc23)OC12N(C)c1ccccc1C2(C)C. The van der Waals surface area contributed by atoms with Gasteiger partial charge >= 0.3 is 0 Å². The van der Waals surface area contributed by atoms with E-state index in [4.69, 9.17) is 9.73 Å². The van der Waals surface area contributed by atoms with Gasteiger partial charge in [0.05, 0.1) is 11.1 Å². The lowest BCUT2D eigenvalue weighted by molar-refractivity contribution is 0.0738. The Morgan fingerprint density at radius 1 is 1.04 bits per heavy atom. The normalized spacial score (nSPS) is 22.4. The van der Waals surface area contributed by atoms with Crippen LogP contribution in [-0.4, -0.2) is 23.6 Å². The molecule has 0 saturated carbocycles. The minimum Gasteiger partial charge on any atom is -0.504 e. The molecule has 0 aromatic heterocycles. The van der Waals surface area contributed by atoms with Gasteiger partial charge in [0, 0.05) is 18.1 Å². The third kappa shape index (κ3) is 1.80. The van der Waals surface area contributed by atoms with Crippen LogP contribution < -0.4 is 9.64 Å². The number of benzene rings is 3. The summed E-state index contributed by atoms with van der Waals surface area (Å²) < 4.78 is 6.69. The van der Waals surface area contributed by atoms with Crippen LogP contribution in [0.15, 0.2) is 59.6 Å². The maximum Gasteiger partial charge on any atom is 0.231 e. The van der Waals surface area contributed by atoms with E-state index < -0.39 is 5.72 Å². The second kappa shape index (κ2) is 5.03. The molecule has 27 heavy (non-hydrogen) atoms. The fourth-order valence-corrected chi connectivity index (χ4v) is 4.93. The van der Waals surface area contributed by atoms with Gasteiger partial charge in [0.25, 0.3) is 0 Å². The van der Waals surface area contributed by atoms with Crippen LogP contribution in [0, 0.1) is 0 Å². The van der Waals surface area contributed by atoms with E-state index in [0.29, 0.717) is 11.4 Å². The highest BCUT2D eigenvalue weighted by Gasteiger charge is 2.61. The average molecular weight is 358 g/mol. The number of rotatable bonds is 0. The Hall–Kier alpha value is -3.01. The lowest BCUT2D eigenvalue weighted by atomic mass is 9.75. The van der Waals surface area contributed by atoms with Crippen molar-refractivity contribution in [2.45, 2.75) is 31.9 Å². The van der Waals surface area contributed by atoms with E-state index in [1.807, 2.05) is 44.3 Å². The average Bonchev–Trinajstić information content (AvgIpc) is 2.83. The van der Waals surface area contributed by atoms with Gasteiger partial charge in [0.1, 0.15) is 5.69 Å². The summed E-state index contributed by atoms with van der Waals surface area (Å²) in [7, 11) is 2.04. The zero-order valence-corrected chi connectivity index (χ0v) is 15.9. The van der Waals surface area contributed by atoms with Crippen molar-refractivity contribution in [3.8, 4) is 11.5 Å². The molecule has 4 nitrogen and oxygen atoms in total. The molecule has 1 N–H and O–H groups in total. The van der Waals surface area contributed by atoms with E-state index >= 15 is 0 Å². The van der Waals surface area contributed by atoms with Gasteiger partial charge < -0.3 is 14.7 Å². The zero-order valence-electron chi connectivity index (χ0n) is 15.9. The molecule has 0 amide bonds. The molecule has 4 heteroatoms. The van der Waals surface area contributed by atoms with Crippen LogP contribution in [0.4, 0.5) is 11.4 Å². The van der Waals surface area contributed by atoms with Gasteiger partial charge in [-0.15, -0.1) is 0 Å². The number of fused-ring (bicyclic) bond motifs is 4. The molecule has 136 valence electrons. The van der Waals surface area contributed by atoms with Crippen molar-refractivity contribution >= 4 is 27.9 Å². The highest BCUT2D eigenvalue weighted by atomic mass is 16.5. The summed E-state index contributed by atoms with van der Waals surface area (Å²) in [6.07, 6.45) is 0. The highest BCUT2D eigenvalue weighted by Crippen LogP contribution is 2.57. The van der Waals surface area contributed by atoms with Crippen LogP contribution >= 0.6 is 0 Å². The molecule has 2 aliphatic rings. The molecule has 2 heterocycles. The van der Waals surface area contributed by atoms with E-state index in [9.17, 15) is 5.11 Å². The molecule has 1 spiro atoms. The first-order valence-electron chi connectivity index (χ1n) is 9.21. The molecule has 0 radical (unpaired) electrons. The molecule has 5 rings (SSSR count). The monoisotopic (exact) mass is 358 g/mol. The van der Waals surface area contributed by atoms with Crippen LogP contribution in [0.3, 0.4) is 0 Å². The van der Waals surface area contributed by atoms with Gasteiger partial charge in [0.2, 0.25) is 5.72 Å². The van der Waals surface area contributed by atoms with Crippen LogP contribution in [0.2, 0.25) is 0 Å². The number of hydrogen-bond acceptors (Lipinski definition) is 4. The van der Waals surface area contributed by atoms with Crippen molar-refractivity contribution < 1.29 is 9.84 Å². The molecule has 0 saturated heterocycles. The first kappa shape index (κ1) is 16.2. The molecule has 1 atom stereocenters. The zero-order chi connectivity index (χ0) is 19.0. The van der Waals surface area contributed by atoms with Crippen molar-refractivity contribution in [2.24, 2.45) is 4.99 Å². The summed E-state index contributed by atoms with van der Waals surface area (Å²) in [6.45, 7) is 6.38. The smallest absolute Gasteiger partial charge is 0.231 e. The third-order valence-corrected chi connectivity index (χ3v) is 6.23. The van der Waals surface area contributed by atoms with Gasteiger partial charge in [-0.25, -0.2) is 4.99 Å². The number of nitrogens with zero attached hydrogens (tertiary/aromatic N) is 2. The minimum atomic E-state index is -0.788. The Balaban J connectivity index is 1.80. The Bertz CT molecular complexity index is 1130. The molecule has 3 aromatic carbocycles. The van der Waals surface area contributed by atoms with Crippen molar-refractivity contribution in [3.63, 3.8) is 0 Å². The standard InChI is InChI=1S/C23H22N2O2/c1-14-23(22(2,3)17-11-7-8-12-18(17)25(23)4)27-21-19(26)13-15-9-5-6-10-16(15)20(21)24-14/h5-13,26H,1-4H3. The highest BCUT2D eigenvalue weighted by molar-refractivity contribution is 6.07. The quantitative estimate of drug-likeness (QED) is 0.604. The van der Waals surface area contributed by atoms with Gasteiger partial charge in [-0.1, -0.05) is 42.5 Å². The fourth-order valence-electron chi connectivity index (χ4n) is 4.93. The fraction of sp³-hybridized carbons (Fsp3) is 0.261. The molecular formula is C23H22N2O2. The number of phenols is 1. The van der Waals surface area contributed by atoms with Gasteiger partial charge in [0.15, 0.2) is 11.5 Å². The first-order chi connectivity index (χ1) is 12.9. The van der Waals surface area contributed by atoms with Crippen LogP contribution in [-0.2, 0) is 5.41 Å². The number of anilines is 1. The number of aromatic hydroxyl groups is 1. The Morgan fingerprint density at radius 2 is 1.74 bits per heavy atom. The summed E-state index contributed by atoms with van der Waals surface area (Å²) in [5, 5.41) is 12.7. The third-order valence-electron chi connectivity index (χ3n) is 6.23. The summed E-state index contributed by atoms with van der Waals surface area (Å²) >= 11 is 0. The summed E-state index contributed by atoms with van der Waals surface area (Å²) in [5.74, 6) is 0.575. The lowest BCUT2D eigenvalue weighted by Crippen LogP contribution is -2.64. The first-order valence-corrected chi connectivity index (χ1v) is 9.21. The number of aliphatic imine (C=N–C) groups is 1. The number of likely N-dealkylation sites (N-methyl/N-ethyl adjacent to an activating group) is 1. The number of phenolic OH excluding ortho intramolecular Hbond substituents is 1. The summed E-state index contributed by atoms with van der Waals surface area (Å²) in [5.41, 5.74) is 2.79. The minimum absolute atomic E-state index is 0.125. The number of para-hydroxylation sites is 1. The second-order valence-electron chi connectivity index (χ2n) is 7.94. The van der Waals surface area contributed by atoms with Crippen LogP contribution in [0.5, 0.6) is 11.5 Å². The number of ether oxygens (including phenoxy) is 1. The van der Waals surface area contributed by atoms with E-state index in [1.54, 1.807) is 6.07 Å². The molecular weight excluding hydrogens is 336 g/mol. The maximum absolute atomic E-state index is 10.7. The largest absolute Gasteiger partial charge is 0.504 e. The van der Waals surface area contributed by atoms with E-state index in [0.717, 1.165) is 22.2 Å². The molecule has 0 bridgehead atoms. The maximum atomic E-state index is 10.7. The second-order valence-corrected chi connectivity index (χ2v) is 7.94. The predicted octanol–water partition coefficient (Wildman–Crippen LogP) is 5.15. The van der Waals surface area contributed by atoms with Crippen LogP contribution in [0.25, 0.3) is 10.8 Å². The summed E-state index contributed by atoms with van der Waals surface area (Å²) in [6, 6.07) is 18.0. The molecule has 3 aromatic rings. The molecule has 0 aliphatic carbocycles. The lowest BCUT2D eigenvalue weighted by Gasteiger charge is -2.47. The van der Waals surface area contributed by atoms with Crippen molar-refractivity contribution in [1.82, 2.24) is 0 Å². The van der Waals surface area contributed by atoms with E-state index in [2.05, 4.69) is 36.9 Å². The summed E-state index contributed by atoms with van der Waals surface area (Å²) in [4.78, 5) is 7.14. The van der Waals surface area contributed by atoms with Crippen molar-refractivity contribution in [3.05, 3.63) is 60.2 Å². The van der Waals surface area contributed by atoms with Gasteiger partial charge in [-0.05, 0) is 43.9 Å². The van der Waals surface area contributed by atoms with E-state index in [-0.39, 0.29) is 11.2 Å². The topological polar surface area (TPSA) is 45.1 Å². The van der Waals surface area contributed by atoms with Crippen LogP contribution in [0.1, 0.15) is 26.3 Å². The molecule has 0 fully saturated rings. The Kier molecular flexibility index (Phi) is 3.02. The van der Waals surface area contributed by atoms with Crippen molar-refractivity contribution in [1.29, 1.82) is 0 Å². The Morgan fingerprint density at radius 3 is 2.52 bits per heavy atom. The van der Waals surface area contributed by atoms with Crippen molar-refractivity contribution in [2.75, 3.05) is 11.9 Å². The number of hydrogen-bond donors (Lipinski definition) is 1. The molecule has 1 unspecified atom stereocenters. The van der Waals surface area contributed by atoms with Gasteiger partial charge in [-0.2, -0.15) is 0 Å². The Labute approximate surface area is 158 Å².